The van der Waals surface area contributed by atoms with E-state index < -0.39 is 37.7 Å². The van der Waals surface area contributed by atoms with Crippen molar-refractivity contribution in [2.45, 2.75) is 84.7 Å². The largest absolute Gasteiger partial charge is 0.458 e. The van der Waals surface area contributed by atoms with Crippen molar-refractivity contribution in [1.29, 1.82) is 0 Å². The van der Waals surface area contributed by atoms with E-state index in [0.717, 1.165) is 19.3 Å². The quantitative estimate of drug-likeness (QED) is 0.460. The average molecular weight is 489 g/mol. The van der Waals surface area contributed by atoms with Crippen LogP contribution >= 0.6 is 0 Å². The van der Waals surface area contributed by atoms with Crippen LogP contribution in [0, 0.1) is 34.5 Å². The summed E-state index contributed by atoms with van der Waals surface area (Å²) in [4.78, 5) is 37.0. The Morgan fingerprint density at radius 1 is 1.24 bits per heavy atom. The maximum absolute atomic E-state index is 13.4. The molecule has 0 aromatic rings. The minimum absolute atomic E-state index is 0.0502. The van der Waals surface area contributed by atoms with Crippen molar-refractivity contribution in [2.75, 3.05) is 6.61 Å². The van der Waals surface area contributed by atoms with Gasteiger partial charge in [-0.05, 0) is 81.1 Å². The first-order valence-corrected chi connectivity index (χ1v) is 16.1. The van der Waals surface area contributed by atoms with Crippen molar-refractivity contribution in [3.63, 3.8) is 0 Å². The maximum atomic E-state index is 13.4. The lowest BCUT2D eigenvalue weighted by Gasteiger charge is -2.61. The summed E-state index contributed by atoms with van der Waals surface area (Å²) in [7, 11) is -1.97. The third kappa shape index (κ3) is 3.79. The molecule has 3 fully saturated rings. The first-order valence-electron chi connectivity index (χ1n) is 12.6. The molecule has 6 nitrogen and oxygen atoms in total. The van der Waals surface area contributed by atoms with E-state index in [1.54, 1.807) is 6.08 Å². The number of hydrogen-bond acceptors (Lipinski definition) is 6. The number of ketones is 2. The number of esters is 1. The van der Waals surface area contributed by atoms with Gasteiger partial charge in [0.25, 0.3) is 0 Å². The van der Waals surface area contributed by atoms with Gasteiger partial charge in [0.05, 0.1) is 0 Å². The lowest BCUT2D eigenvalue weighted by molar-refractivity contribution is -0.184. The predicted molar refractivity (Wildman–Crippen MR) is 131 cm³/mol. The Bertz CT molecular complexity index is 963. The summed E-state index contributed by atoms with van der Waals surface area (Å²) in [5, 5.41) is 12.1. The van der Waals surface area contributed by atoms with Crippen LogP contribution in [0.25, 0.3) is 0 Å². The molecule has 7 heteroatoms. The SMILES string of the molecule is CC(=O)OCC(=O)[C@@]1(O)[C@H](C)C[C@H]2[C@@H]3CCC4=CC(=O)C=C[C@]4(C)[C@H]3[C@@H](O[Si](C)(C)C)C[C@@]21C. The molecule has 0 aromatic carbocycles. The number of ether oxygens (including phenoxy) is 1. The van der Waals surface area contributed by atoms with Gasteiger partial charge in [-0.25, -0.2) is 0 Å². The van der Waals surface area contributed by atoms with Gasteiger partial charge in [0, 0.05) is 23.9 Å². The van der Waals surface area contributed by atoms with Crippen LogP contribution in [0.3, 0.4) is 0 Å². The molecule has 3 saturated carbocycles. The molecule has 0 saturated heterocycles. The second-order valence-corrected chi connectivity index (χ2v) is 17.0. The van der Waals surface area contributed by atoms with E-state index in [1.807, 2.05) is 13.0 Å². The molecule has 0 heterocycles. The summed E-state index contributed by atoms with van der Waals surface area (Å²) in [6.45, 7) is 13.6. The van der Waals surface area contributed by atoms with Crippen LogP contribution in [0.2, 0.25) is 19.6 Å². The fourth-order valence-corrected chi connectivity index (χ4v) is 9.20. The third-order valence-corrected chi connectivity index (χ3v) is 10.4. The van der Waals surface area contributed by atoms with Crippen molar-refractivity contribution in [3.8, 4) is 0 Å². The van der Waals surface area contributed by atoms with Crippen LogP contribution in [0.1, 0.15) is 53.4 Å². The fraction of sp³-hybridized carbons (Fsp3) is 0.741. The molecule has 1 N–H and O–H groups in total. The number of aliphatic hydroxyl groups is 1. The fourth-order valence-electron chi connectivity index (χ4n) is 8.06. The van der Waals surface area contributed by atoms with Gasteiger partial charge in [-0.3, -0.25) is 14.4 Å². The monoisotopic (exact) mass is 488 g/mol. The summed E-state index contributed by atoms with van der Waals surface area (Å²) < 4.78 is 11.9. The number of rotatable bonds is 5. The van der Waals surface area contributed by atoms with Crippen LogP contribution in [-0.4, -0.2) is 49.3 Å². The Morgan fingerprint density at radius 2 is 1.91 bits per heavy atom. The van der Waals surface area contributed by atoms with Crippen LogP contribution < -0.4 is 0 Å². The Labute approximate surface area is 204 Å². The minimum atomic E-state index is -1.97. The number of carbonyl (C=O) groups is 3. The van der Waals surface area contributed by atoms with Gasteiger partial charge in [0.15, 0.2) is 20.7 Å². The van der Waals surface area contributed by atoms with Crippen molar-refractivity contribution >= 4 is 25.9 Å². The van der Waals surface area contributed by atoms with Gasteiger partial charge in [-0.1, -0.05) is 32.4 Å². The smallest absolute Gasteiger partial charge is 0.303 e. The number of Topliss-reactive ketones (excluding diaryl/α,β-unsaturated/α-hetero) is 1. The molecular formula is C27H40O6Si. The maximum Gasteiger partial charge on any atom is 0.303 e. The van der Waals surface area contributed by atoms with E-state index in [-0.39, 0.29) is 41.0 Å². The van der Waals surface area contributed by atoms with E-state index in [4.69, 9.17) is 9.16 Å². The Kier molecular flexibility index (Phi) is 6.18. The number of carbonyl (C=O) groups excluding carboxylic acids is 3. The van der Waals surface area contributed by atoms with E-state index >= 15 is 0 Å². The lowest BCUT2D eigenvalue weighted by Crippen LogP contribution is -2.64. The van der Waals surface area contributed by atoms with E-state index in [2.05, 4.69) is 39.6 Å². The summed E-state index contributed by atoms with van der Waals surface area (Å²) in [6, 6.07) is 0. The molecule has 0 amide bonds. The molecule has 188 valence electrons. The minimum Gasteiger partial charge on any atom is -0.458 e. The van der Waals surface area contributed by atoms with Gasteiger partial charge in [-0.15, -0.1) is 0 Å². The van der Waals surface area contributed by atoms with E-state index in [0.29, 0.717) is 6.42 Å². The zero-order valence-electron chi connectivity index (χ0n) is 21.6. The molecule has 0 spiro atoms. The van der Waals surface area contributed by atoms with Crippen LogP contribution in [0.4, 0.5) is 0 Å². The van der Waals surface area contributed by atoms with Crippen LogP contribution in [-0.2, 0) is 23.5 Å². The molecular weight excluding hydrogens is 448 g/mol. The highest BCUT2D eigenvalue weighted by Crippen LogP contribution is 2.68. The van der Waals surface area contributed by atoms with Gasteiger partial charge in [0.1, 0.15) is 5.60 Å². The third-order valence-electron chi connectivity index (χ3n) is 9.39. The highest BCUT2D eigenvalue weighted by Gasteiger charge is 2.71. The van der Waals surface area contributed by atoms with Gasteiger partial charge in [0.2, 0.25) is 5.78 Å². The highest BCUT2D eigenvalue weighted by atomic mass is 28.4. The molecule has 34 heavy (non-hydrogen) atoms. The first-order chi connectivity index (χ1) is 15.6. The Balaban J connectivity index is 1.79. The first kappa shape index (κ1) is 25.5. The molecule has 4 aliphatic rings. The van der Waals surface area contributed by atoms with Crippen molar-refractivity contribution in [2.24, 2.45) is 34.5 Å². The molecule has 0 aromatic heterocycles. The molecule has 8 atom stereocenters. The number of hydrogen-bond donors (Lipinski definition) is 1. The second kappa shape index (κ2) is 8.24. The normalized spacial score (nSPS) is 43.5. The Morgan fingerprint density at radius 3 is 2.53 bits per heavy atom. The van der Waals surface area contributed by atoms with E-state index in [9.17, 15) is 19.5 Å². The highest BCUT2D eigenvalue weighted by molar-refractivity contribution is 6.69. The molecule has 4 aliphatic carbocycles. The molecule has 4 rings (SSSR count). The molecule has 0 unspecified atom stereocenters. The zero-order chi connectivity index (χ0) is 25.3. The summed E-state index contributed by atoms with van der Waals surface area (Å²) >= 11 is 0. The summed E-state index contributed by atoms with van der Waals surface area (Å²) in [5.41, 5.74) is -1.34. The standard InChI is InChI=1S/C27H40O6Si/c1-16-12-21-20-9-8-18-13-19(29)10-11-25(18,3)24(20)22(33-34(5,6)7)14-26(21,4)27(16,31)23(30)15-32-17(2)28/h10-11,13,16,20-22,24,31H,8-9,12,14-15H2,1-7H3/t16-,20+,21+,22+,24-,25+,26+,27+/m1/s1. The lowest BCUT2D eigenvalue weighted by atomic mass is 9.46. The average Bonchev–Trinajstić information content (AvgIpc) is 2.92. The number of allylic oxidation sites excluding steroid dienone is 4. The summed E-state index contributed by atoms with van der Waals surface area (Å²) in [5.74, 6) is -0.538. The topological polar surface area (TPSA) is 89.9 Å². The van der Waals surface area contributed by atoms with Crippen LogP contribution in [0.15, 0.2) is 23.8 Å². The van der Waals surface area contributed by atoms with Gasteiger partial charge in [-0.2, -0.15) is 0 Å². The second-order valence-electron chi connectivity index (χ2n) is 12.5. The number of fused-ring (bicyclic) bond motifs is 5. The summed E-state index contributed by atoms with van der Waals surface area (Å²) in [6.07, 6.45) is 8.53. The van der Waals surface area contributed by atoms with Crippen LogP contribution in [0.5, 0.6) is 0 Å². The molecule has 0 aliphatic heterocycles. The van der Waals surface area contributed by atoms with E-state index in [1.165, 1.54) is 12.5 Å². The predicted octanol–water partition coefficient (Wildman–Crippen LogP) is 4.23. The van der Waals surface area contributed by atoms with Crippen molar-refractivity contribution < 1.29 is 28.7 Å². The molecule has 0 radical (unpaired) electrons. The molecule has 0 bridgehead atoms. The van der Waals surface area contributed by atoms with Gasteiger partial charge < -0.3 is 14.3 Å². The van der Waals surface area contributed by atoms with Gasteiger partial charge >= 0.3 is 5.97 Å². The van der Waals surface area contributed by atoms with Crippen molar-refractivity contribution in [3.05, 3.63) is 23.8 Å². The Hall–Kier alpha value is -1.57. The zero-order valence-corrected chi connectivity index (χ0v) is 22.6. The van der Waals surface area contributed by atoms with Crippen molar-refractivity contribution in [1.82, 2.24) is 0 Å².